The van der Waals surface area contributed by atoms with Crippen molar-refractivity contribution in [3.63, 3.8) is 0 Å². The zero-order valence-corrected chi connectivity index (χ0v) is 7.57. The van der Waals surface area contributed by atoms with Gasteiger partial charge in [0.2, 0.25) is 0 Å². The number of hydrogen-bond acceptors (Lipinski definition) is 4. The van der Waals surface area contributed by atoms with Gasteiger partial charge in [-0.2, -0.15) is 5.10 Å². The Bertz CT molecular complexity index is 347. The van der Waals surface area contributed by atoms with Gasteiger partial charge in [0, 0.05) is 0 Å². The van der Waals surface area contributed by atoms with Crippen LogP contribution in [0.1, 0.15) is 21.7 Å². The largest absolute Gasteiger partial charge is 0.464 e. The standard InChI is InChI=1S/C9H10N2O2/c1-4-7-5-6(2)8(11-10-7)9(12)13-3/h4-5H,1H2,2-3H3. The highest BCUT2D eigenvalue weighted by Gasteiger charge is 2.11. The first-order valence-corrected chi connectivity index (χ1v) is 3.74. The van der Waals surface area contributed by atoms with Crippen molar-refractivity contribution in [2.45, 2.75) is 6.92 Å². The summed E-state index contributed by atoms with van der Waals surface area (Å²) in [6, 6.07) is 1.73. The van der Waals surface area contributed by atoms with Crippen LogP contribution in [0.4, 0.5) is 0 Å². The fourth-order valence-electron chi connectivity index (χ4n) is 0.904. The molecule has 0 aliphatic rings. The molecule has 0 amide bonds. The number of rotatable bonds is 2. The van der Waals surface area contributed by atoms with Crippen molar-refractivity contribution >= 4 is 12.0 Å². The SMILES string of the molecule is C=Cc1cc(C)c(C(=O)OC)nn1. The third-order valence-corrected chi connectivity index (χ3v) is 1.59. The quantitative estimate of drug-likeness (QED) is 0.639. The van der Waals surface area contributed by atoms with Gasteiger partial charge < -0.3 is 4.74 Å². The summed E-state index contributed by atoms with van der Waals surface area (Å²) in [4.78, 5) is 11.1. The van der Waals surface area contributed by atoms with Gasteiger partial charge in [0.15, 0.2) is 5.69 Å². The smallest absolute Gasteiger partial charge is 0.358 e. The Labute approximate surface area is 76.2 Å². The summed E-state index contributed by atoms with van der Waals surface area (Å²) in [7, 11) is 1.31. The molecule has 0 N–H and O–H groups in total. The second-order valence-corrected chi connectivity index (χ2v) is 2.50. The number of nitrogens with zero attached hydrogens (tertiary/aromatic N) is 2. The number of aromatic nitrogens is 2. The molecule has 1 aromatic rings. The summed E-state index contributed by atoms with van der Waals surface area (Å²) in [5, 5.41) is 7.48. The van der Waals surface area contributed by atoms with Crippen molar-refractivity contribution < 1.29 is 9.53 Å². The molecule has 0 aliphatic heterocycles. The van der Waals surface area contributed by atoms with E-state index < -0.39 is 5.97 Å². The molecule has 68 valence electrons. The van der Waals surface area contributed by atoms with E-state index >= 15 is 0 Å². The average molecular weight is 178 g/mol. The third kappa shape index (κ3) is 1.90. The molecule has 0 aromatic carbocycles. The Kier molecular flexibility index (Phi) is 2.74. The number of ether oxygens (including phenoxy) is 1. The molecule has 0 unspecified atom stereocenters. The lowest BCUT2D eigenvalue weighted by Crippen LogP contribution is -2.08. The lowest BCUT2D eigenvalue weighted by Gasteiger charge is -2.01. The van der Waals surface area contributed by atoms with Crippen LogP contribution in [0.5, 0.6) is 0 Å². The highest BCUT2D eigenvalue weighted by Crippen LogP contribution is 2.06. The minimum Gasteiger partial charge on any atom is -0.464 e. The maximum Gasteiger partial charge on any atom is 0.358 e. The maximum absolute atomic E-state index is 11.1. The van der Waals surface area contributed by atoms with E-state index in [4.69, 9.17) is 0 Å². The van der Waals surface area contributed by atoms with E-state index in [9.17, 15) is 4.79 Å². The first-order valence-electron chi connectivity index (χ1n) is 3.74. The predicted octanol–water partition coefficient (Wildman–Crippen LogP) is 1.21. The molecule has 4 heteroatoms. The van der Waals surface area contributed by atoms with Crippen LogP contribution in [-0.2, 0) is 4.74 Å². The maximum atomic E-state index is 11.1. The van der Waals surface area contributed by atoms with E-state index in [0.717, 1.165) is 5.56 Å². The van der Waals surface area contributed by atoms with Gasteiger partial charge in [-0.15, -0.1) is 5.10 Å². The van der Waals surface area contributed by atoms with E-state index in [1.165, 1.54) is 7.11 Å². The van der Waals surface area contributed by atoms with E-state index in [0.29, 0.717) is 5.69 Å². The molecule has 0 aliphatic carbocycles. The van der Waals surface area contributed by atoms with Crippen LogP contribution in [0.25, 0.3) is 6.08 Å². The summed E-state index contributed by atoms with van der Waals surface area (Å²) in [5.41, 5.74) is 1.62. The normalized spacial score (nSPS) is 9.38. The summed E-state index contributed by atoms with van der Waals surface area (Å²) in [6.45, 7) is 5.32. The van der Waals surface area contributed by atoms with Crippen LogP contribution in [0.3, 0.4) is 0 Å². The van der Waals surface area contributed by atoms with Crippen molar-refractivity contribution in [3.05, 3.63) is 29.6 Å². The molecule has 0 spiro atoms. The Morgan fingerprint density at radius 3 is 2.77 bits per heavy atom. The Balaban J connectivity index is 3.12. The van der Waals surface area contributed by atoms with Crippen molar-refractivity contribution in [3.8, 4) is 0 Å². The van der Waals surface area contributed by atoms with E-state index in [2.05, 4.69) is 21.5 Å². The highest BCUT2D eigenvalue weighted by atomic mass is 16.5. The van der Waals surface area contributed by atoms with Gasteiger partial charge in [-0.25, -0.2) is 4.79 Å². The Morgan fingerprint density at radius 2 is 2.31 bits per heavy atom. The number of methoxy groups -OCH3 is 1. The van der Waals surface area contributed by atoms with Crippen LogP contribution in [0, 0.1) is 6.92 Å². The number of carbonyl (C=O) groups is 1. The van der Waals surface area contributed by atoms with Crippen molar-refractivity contribution in [1.82, 2.24) is 10.2 Å². The topological polar surface area (TPSA) is 52.1 Å². The molecule has 0 atom stereocenters. The molecule has 0 radical (unpaired) electrons. The lowest BCUT2D eigenvalue weighted by molar-refractivity contribution is 0.0591. The molecule has 1 heterocycles. The number of aryl methyl sites for hydroxylation is 1. The summed E-state index contributed by atoms with van der Waals surface area (Å²) < 4.78 is 4.52. The number of hydrogen-bond donors (Lipinski definition) is 0. The van der Waals surface area contributed by atoms with Gasteiger partial charge in [0.25, 0.3) is 0 Å². The van der Waals surface area contributed by atoms with Gasteiger partial charge in [-0.1, -0.05) is 6.58 Å². The van der Waals surface area contributed by atoms with Crippen LogP contribution in [0.2, 0.25) is 0 Å². The van der Waals surface area contributed by atoms with Crippen molar-refractivity contribution in [2.75, 3.05) is 7.11 Å². The molecule has 0 saturated heterocycles. The Morgan fingerprint density at radius 1 is 1.62 bits per heavy atom. The number of esters is 1. The van der Waals surface area contributed by atoms with Gasteiger partial charge in [-0.3, -0.25) is 0 Å². The van der Waals surface area contributed by atoms with E-state index in [1.807, 2.05) is 0 Å². The fourth-order valence-corrected chi connectivity index (χ4v) is 0.904. The van der Waals surface area contributed by atoms with Crippen LogP contribution >= 0.6 is 0 Å². The molecule has 1 aromatic heterocycles. The Hall–Kier alpha value is -1.71. The minimum absolute atomic E-state index is 0.244. The summed E-state index contributed by atoms with van der Waals surface area (Å²) in [5.74, 6) is -0.472. The van der Waals surface area contributed by atoms with E-state index in [-0.39, 0.29) is 5.69 Å². The molecule has 13 heavy (non-hydrogen) atoms. The fraction of sp³-hybridized carbons (Fsp3) is 0.222. The summed E-state index contributed by atoms with van der Waals surface area (Å²) in [6.07, 6.45) is 1.57. The molecule has 0 saturated carbocycles. The average Bonchev–Trinajstić information content (AvgIpc) is 2.16. The lowest BCUT2D eigenvalue weighted by atomic mass is 10.2. The van der Waals surface area contributed by atoms with Gasteiger partial charge in [0.05, 0.1) is 12.8 Å². The molecule has 0 bridgehead atoms. The van der Waals surface area contributed by atoms with Gasteiger partial charge >= 0.3 is 5.97 Å². The molecular formula is C9H10N2O2. The zero-order chi connectivity index (χ0) is 9.84. The molecule has 4 nitrogen and oxygen atoms in total. The monoisotopic (exact) mass is 178 g/mol. The van der Waals surface area contributed by atoms with Crippen LogP contribution in [0.15, 0.2) is 12.6 Å². The third-order valence-electron chi connectivity index (χ3n) is 1.59. The van der Waals surface area contributed by atoms with E-state index in [1.54, 1.807) is 19.1 Å². The minimum atomic E-state index is -0.472. The predicted molar refractivity (Wildman–Crippen MR) is 48.2 cm³/mol. The highest BCUT2D eigenvalue weighted by molar-refractivity contribution is 5.88. The first kappa shape index (κ1) is 9.38. The van der Waals surface area contributed by atoms with Crippen molar-refractivity contribution in [2.24, 2.45) is 0 Å². The van der Waals surface area contributed by atoms with Crippen LogP contribution in [-0.4, -0.2) is 23.3 Å². The summed E-state index contributed by atoms with van der Waals surface area (Å²) >= 11 is 0. The second-order valence-electron chi connectivity index (χ2n) is 2.50. The van der Waals surface area contributed by atoms with Crippen LogP contribution < -0.4 is 0 Å². The van der Waals surface area contributed by atoms with Gasteiger partial charge in [0.1, 0.15) is 0 Å². The molecule has 0 fully saturated rings. The van der Waals surface area contributed by atoms with Crippen molar-refractivity contribution in [1.29, 1.82) is 0 Å². The number of carbonyl (C=O) groups excluding carboxylic acids is 1. The second kappa shape index (κ2) is 3.80. The molecule has 1 rings (SSSR count). The zero-order valence-electron chi connectivity index (χ0n) is 7.57. The first-order chi connectivity index (χ1) is 6.19. The van der Waals surface area contributed by atoms with Gasteiger partial charge in [-0.05, 0) is 24.6 Å². The molecular weight excluding hydrogens is 168 g/mol.